The molecule has 1 unspecified atom stereocenters. The molecule has 0 aliphatic carbocycles. The molecule has 0 saturated carbocycles. The van der Waals surface area contributed by atoms with Crippen LogP contribution < -0.4 is 10.6 Å². The van der Waals surface area contributed by atoms with Gasteiger partial charge in [0.25, 0.3) is 5.91 Å². The van der Waals surface area contributed by atoms with E-state index in [0.29, 0.717) is 42.3 Å². The summed E-state index contributed by atoms with van der Waals surface area (Å²) in [6, 6.07) is 9.65. The molecular formula is C24H25FN2O4. The van der Waals surface area contributed by atoms with Crippen LogP contribution in [-0.2, 0) is 32.2 Å². The normalized spacial score (nSPS) is 17.8. The fourth-order valence-electron chi connectivity index (χ4n) is 3.95. The zero-order valence-corrected chi connectivity index (χ0v) is 17.8. The monoisotopic (exact) mass is 424 g/mol. The van der Waals surface area contributed by atoms with Crippen LogP contribution in [0.25, 0.3) is 11.3 Å². The minimum absolute atomic E-state index is 0.0921. The van der Waals surface area contributed by atoms with Crippen molar-refractivity contribution in [3.63, 3.8) is 0 Å². The third-order valence-electron chi connectivity index (χ3n) is 5.47. The van der Waals surface area contributed by atoms with Gasteiger partial charge in [0.2, 0.25) is 0 Å². The van der Waals surface area contributed by atoms with E-state index >= 15 is 0 Å². The summed E-state index contributed by atoms with van der Waals surface area (Å²) in [6.45, 7) is 6.89. The largest absolute Gasteiger partial charge is 0.487 e. The van der Waals surface area contributed by atoms with E-state index in [9.17, 15) is 14.0 Å². The number of nitrogens with one attached hydrogen (secondary N) is 2. The summed E-state index contributed by atoms with van der Waals surface area (Å²) < 4.78 is 24.8. The molecule has 0 fully saturated rings. The number of anilines is 1. The molecule has 2 N–H and O–H groups in total. The van der Waals surface area contributed by atoms with Crippen LogP contribution in [0.15, 0.2) is 36.4 Å². The van der Waals surface area contributed by atoms with Crippen molar-refractivity contribution in [3.05, 3.63) is 64.5 Å². The highest BCUT2D eigenvalue weighted by atomic mass is 19.1. The van der Waals surface area contributed by atoms with Gasteiger partial charge in [-0.2, -0.15) is 0 Å². The lowest BCUT2D eigenvalue weighted by atomic mass is 9.98. The minimum atomic E-state index is -0.408. The Kier molecular flexibility index (Phi) is 5.78. The maximum Gasteiger partial charge on any atom is 0.323 e. The van der Waals surface area contributed by atoms with Crippen molar-refractivity contribution in [2.45, 2.75) is 40.0 Å². The van der Waals surface area contributed by atoms with E-state index in [2.05, 4.69) is 10.6 Å². The van der Waals surface area contributed by atoms with Crippen LogP contribution in [0.1, 0.15) is 43.0 Å². The molecule has 0 saturated heterocycles. The standard InChI is InChI=1S/C24H25FN2O4/c1-4-30-24(29)21(13(2)3)26-11-14-5-7-17-15(9-14)12-31-22(17)20-18-10-16(25)6-8-19(18)27-23(20)28/h5-10,13,21,26H,4,11-12H2,1-3H3,(H,27,28)/b22-20+. The quantitative estimate of drug-likeness (QED) is 0.544. The predicted molar refractivity (Wildman–Crippen MR) is 115 cm³/mol. The Hall–Kier alpha value is -3.19. The third-order valence-corrected chi connectivity index (χ3v) is 5.47. The van der Waals surface area contributed by atoms with Crippen molar-refractivity contribution < 1.29 is 23.5 Å². The van der Waals surface area contributed by atoms with Gasteiger partial charge in [-0.05, 0) is 36.6 Å². The number of carbonyl (C=O) groups excluding carboxylic acids is 2. The molecule has 2 heterocycles. The van der Waals surface area contributed by atoms with Gasteiger partial charge in [0.15, 0.2) is 0 Å². The average molecular weight is 424 g/mol. The van der Waals surface area contributed by atoms with Crippen LogP contribution in [0.2, 0.25) is 0 Å². The van der Waals surface area contributed by atoms with Crippen LogP contribution in [0, 0.1) is 11.7 Å². The van der Waals surface area contributed by atoms with Crippen LogP contribution in [-0.4, -0.2) is 24.5 Å². The first-order chi connectivity index (χ1) is 14.9. The van der Waals surface area contributed by atoms with E-state index in [0.717, 1.165) is 16.7 Å². The number of hydrogen-bond acceptors (Lipinski definition) is 5. The predicted octanol–water partition coefficient (Wildman–Crippen LogP) is 3.85. The summed E-state index contributed by atoms with van der Waals surface area (Å²) in [4.78, 5) is 24.7. The summed E-state index contributed by atoms with van der Waals surface area (Å²) in [5, 5.41) is 6.03. The number of benzene rings is 2. The van der Waals surface area contributed by atoms with Crippen LogP contribution >= 0.6 is 0 Å². The molecule has 0 radical (unpaired) electrons. The summed E-state index contributed by atoms with van der Waals surface area (Å²) in [7, 11) is 0. The molecular weight excluding hydrogens is 399 g/mol. The molecule has 31 heavy (non-hydrogen) atoms. The molecule has 162 valence electrons. The van der Waals surface area contributed by atoms with Crippen LogP contribution in [0.5, 0.6) is 0 Å². The number of ether oxygens (including phenoxy) is 2. The van der Waals surface area contributed by atoms with Crippen molar-refractivity contribution in [2.24, 2.45) is 5.92 Å². The Morgan fingerprint density at radius 2 is 2.03 bits per heavy atom. The summed E-state index contributed by atoms with van der Waals surface area (Å²) in [6.07, 6.45) is 0. The lowest BCUT2D eigenvalue weighted by molar-refractivity contribution is -0.146. The Morgan fingerprint density at radius 3 is 2.77 bits per heavy atom. The maximum atomic E-state index is 13.8. The lowest BCUT2D eigenvalue weighted by Gasteiger charge is -2.20. The van der Waals surface area contributed by atoms with Gasteiger partial charge in [-0.1, -0.05) is 32.0 Å². The van der Waals surface area contributed by atoms with E-state index in [4.69, 9.17) is 9.47 Å². The zero-order valence-electron chi connectivity index (χ0n) is 17.8. The first kappa shape index (κ1) is 21.1. The van der Waals surface area contributed by atoms with Gasteiger partial charge in [-0.3, -0.25) is 9.59 Å². The van der Waals surface area contributed by atoms with Gasteiger partial charge >= 0.3 is 5.97 Å². The average Bonchev–Trinajstić information content (AvgIpc) is 3.27. The van der Waals surface area contributed by atoms with Gasteiger partial charge in [0, 0.05) is 28.9 Å². The molecule has 1 amide bonds. The van der Waals surface area contributed by atoms with E-state index < -0.39 is 11.9 Å². The Bertz CT molecular complexity index is 1080. The second-order valence-electron chi connectivity index (χ2n) is 7.98. The second-order valence-corrected chi connectivity index (χ2v) is 7.98. The van der Waals surface area contributed by atoms with Crippen molar-refractivity contribution in [1.29, 1.82) is 0 Å². The van der Waals surface area contributed by atoms with Gasteiger partial charge in [0.05, 0.1) is 12.2 Å². The molecule has 7 heteroatoms. The van der Waals surface area contributed by atoms with Crippen LogP contribution in [0.3, 0.4) is 0 Å². The van der Waals surface area contributed by atoms with E-state index in [1.54, 1.807) is 13.0 Å². The Balaban J connectivity index is 1.58. The highest BCUT2D eigenvalue weighted by Crippen LogP contribution is 2.41. The molecule has 0 spiro atoms. The second kappa shape index (κ2) is 8.51. The van der Waals surface area contributed by atoms with Crippen molar-refractivity contribution in [2.75, 3.05) is 11.9 Å². The van der Waals surface area contributed by atoms with E-state index in [1.807, 2.05) is 32.0 Å². The fraction of sp³-hybridized carbons (Fsp3) is 0.333. The fourth-order valence-corrected chi connectivity index (χ4v) is 3.95. The smallest absolute Gasteiger partial charge is 0.323 e. The van der Waals surface area contributed by atoms with Crippen LogP contribution in [0.4, 0.5) is 10.1 Å². The highest BCUT2D eigenvalue weighted by Gasteiger charge is 2.33. The first-order valence-electron chi connectivity index (χ1n) is 10.4. The molecule has 0 bridgehead atoms. The van der Waals surface area contributed by atoms with Gasteiger partial charge < -0.3 is 20.1 Å². The molecule has 2 aliphatic heterocycles. The molecule has 6 nitrogen and oxygen atoms in total. The Labute approximate surface area is 180 Å². The Morgan fingerprint density at radius 1 is 1.23 bits per heavy atom. The molecule has 2 aromatic rings. The minimum Gasteiger partial charge on any atom is -0.487 e. The molecule has 1 atom stereocenters. The molecule has 4 rings (SSSR count). The number of hydrogen-bond donors (Lipinski definition) is 2. The summed E-state index contributed by atoms with van der Waals surface area (Å²) >= 11 is 0. The zero-order chi connectivity index (χ0) is 22.1. The first-order valence-corrected chi connectivity index (χ1v) is 10.4. The molecule has 2 aliphatic rings. The summed E-state index contributed by atoms with van der Waals surface area (Å²) in [5.41, 5.74) is 4.18. The third kappa shape index (κ3) is 4.05. The van der Waals surface area contributed by atoms with E-state index in [1.165, 1.54) is 12.1 Å². The summed E-state index contributed by atoms with van der Waals surface area (Å²) in [5.74, 6) is -0.415. The number of fused-ring (bicyclic) bond motifs is 2. The number of amides is 1. The van der Waals surface area contributed by atoms with Gasteiger partial charge in [0.1, 0.15) is 24.2 Å². The van der Waals surface area contributed by atoms with E-state index in [-0.39, 0.29) is 17.8 Å². The number of carbonyl (C=O) groups is 2. The van der Waals surface area contributed by atoms with Crippen molar-refractivity contribution >= 4 is 28.9 Å². The molecule has 2 aromatic carbocycles. The molecule has 0 aromatic heterocycles. The van der Waals surface area contributed by atoms with Gasteiger partial charge in [-0.25, -0.2) is 4.39 Å². The number of esters is 1. The SMILES string of the molecule is CCOC(=O)C(NCc1ccc2c(c1)CO/C2=C1/C(=O)Nc2ccc(F)cc21)C(C)C. The van der Waals surface area contributed by atoms with Crippen molar-refractivity contribution in [3.8, 4) is 0 Å². The number of halogens is 1. The maximum absolute atomic E-state index is 13.8. The lowest BCUT2D eigenvalue weighted by Crippen LogP contribution is -2.41. The van der Waals surface area contributed by atoms with Gasteiger partial charge in [-0.15, -0.1) is 0 Å². The van der Waals surface area contributed by atoms with Crippen molar-refractivity contribution in [1.82, 2.24) is 5.32 Å². The highest BCUT2D eigenvalue weighted by molar-refractivity contribution is 6.36. The number of rotatable bonds is 6. The topological polar surface area (TPSA) is 76.7 Å².